The highest BCUT2D eigenvalue weighted by Gasteiger charge is 2.16. The van der Waals surface area contributed by atoms with E-state index in [9.17, 15) is 9.59 Å². The highest BCUT2D eigenvalue weighted by atomic mass is 16.5. The second-order valence-electron chi connectivity index (χ2n) is 8.68. The van der Waals surface area contributed by atoms with Gasteiger partial charge in [-0.3, -0.25) is 0 Å². The van der Waals surface area contributed by atoms with Crippen LogP contribution in [0.15, 0.2) is 72.8 Å². The zero-order chi connectivity index (χ0) is 24.5. The predicted octanol–water partition coefficient (Wildman–Crippen LogP) is 7.51. The molecule has 0 amide bonds. The number of hydrogen-bond donors (Lipinski definition) is 0. The molecule has 0 fully saturated rings. The summed E-state index contributed by atoms with van der Waals surface area (Å²) in [5.74, 6) is 0.393. The molecule has 34 heavy (non-hydrogen) atoms. The SMILES string of the molecule is CCc1ccc(C(=O)Oc2ccc(-c3ccc(C(=O)O[C@H](C)CC(CC)CC)cc3)cc2)cc1. The Morgan fingerprint density at radius 1 is 0.706 bits per heavy atom. The summed E-state index contributed by atoms with van der Waals surface area (Å²) < 4.78 is 11.1. The van der Waals surface area contributed by atoms with Gasteiger partial charge in [0.2, 0.25) is 0 Å². The minimum absolute atomic E-state index is 0.100. The molecular formula is C30H34O4. The Morgan fingerprint density at radius 2 is 1.21 bits per heavy atom. The highest BCUT2D eigenvalue weighted by Crippen LogP contribution is 2.24. The van der Waals surface area contributed by atoms with E-state index in [4.69, 9.17) is 9.47 Å². The molecule has 4 heteroatoms. The molecule has 0 aliphatic carbocycles. The maximum atomic E-state index is 12.5. The molecule has 3 aromatic rings. The first-order valence-electron chi connectivity index (χ1n) is 12.2. The number of hydrogen-bond acceptors (Lipinski definition) is 4. The van der Waals surface area contributed by atoms with Gasteiger partial charge in [-0.05, 0) is 78.8 Å². The minimum Gasteiger partial charge on any atom is -0.459 e. The van der Waals surface area contributed by atoms with E-state index in [1.165, 1.54) is 5.56 Å². The lowest BCUT2D eigenvalue weighted by Crippen LogP contribution is -2.18. The quantitative estimate of drug-likeness (QED) is 0.233. The summed E-state index contributed by atoms with van der Waals surface area (Å²) in [6.45, 7) is 8.37. The minimum atomic E-state index is -0.378. The second-order valence-corrected chi connectivity index (χ2v) is 8.68. The van der Waals surface area contributed by atoms with Crippen molar-refractivity contribution in [3.8, 4) is 16.9 Å². The van der Waals surface area contributed by atoms with Gasteiger partial charge in [-0.25, -0.2) is 9.59 Å². The Kier molecular flexibility index (Phi) is 9.03. The maximum Gasteiger partial charge on any atom is 0.343 e. The van der Waals surface area contributed by atoms with Crippen molar-refractivity contribution in [2.75, 3.05) is 0 Å². The summed E-state index contributed by atoms with van der Waals surface area (Å²) >= 11 is 0. The van der Waals surface area contributed by atoms with E-state index in [-0.39, 0.29) is 18.0 Å². The summed E-state index contributed by atoms with van der Waals surface area (Å²) in [6, 6.07) is 22.2. The Morgan fingerprint density at radius 3 is 1.74 bits per heavy atom. The molecule has 0 spiro atoms. The van der Waals surface area contributed by atoms with Crippen LogP contribution in [-0.2, 0) is 11.2 Å². The molecule has 0 saturated carbocycles. The van der Waals surface area contributed by atoms with Crippen LogP contribution < -0.4 is 4.74 Å². The standard InChI is InChI=1S/C30H34O4/c1-5-22(6-2)20-21(4)33-29(31)27-14-12-24(13-15-27)25-16-18-28(19-17-25)34-30(32)26-10-8-23(7-3)9-11-26/h8-19,21-22H,5-7,20H2,1-4H3/t21-/m1/s1. The third-order valence-corrected chi connectivity index (χ3v) is 6.24. The molecule has 0 bridgehead atoms. The van der Waals surface area contributed by atoms with Crippen LogP contribution in [0.1, 0.15) is 73.2 Å². The zero-order valence-corrected chi connectivity index (χ0v) is 20.5. The molecule has 0 heterocycles. The summed E-state index contributed by atoms with van der Waals surface area (Å²) in [7, 11) is 0. The predicted molar refractivity (Wildman–Crippen MR) is 136 cm³/mol. The van der Waals surface area contributed by atoms with Crippen molar-refractivity contribution in [1.29, 1.82) is 0 Å². The van der Waals surface area contributed by atoms with Gasteiger partial charge in [-0.1, -0.05) is 70.0 Å². The zero-order valence-electron chi connectivity index (χ0n) is 20.5. The van der Waals surface area contributed by atoms with Gasteiger partial charge in [0.15, 0.2) is 0 Å². The number of rotatable bonds is 10. The molecule has 178 valence electrons. The molecule has 1 atom stereocenters. The largest absolute Gasteiger partial charge is 0.459 e. The molecule has 0 aliphatic rings. The van der Waals surface area contributed by atoms with Crippen LogP contribution in [0.5, 0.6) is 5.75 Å². The second kappa shape index (κ2) is 12.2. The highest BCUT2D eigenvalue weighted by molar-refractivity contribution is 5.91. The Balaban J connectivity index is 1.59. The molecule has 0 aromatic heterocycles. The van der Waals surface area contributed by atoms with Crippen molar-refractivity contribution < 1.29 is 19.1 Å². The van der Waals surface area contributed by atoms with E-state index in [2.05, 4.69) is 20.8 Å². The Bertz CT molecular complexity index is 1060. The van der Waals surface area contributed by atoms with Crippen LogP contribution in [0.2, 0.25) is 0 Å². The molecule has 0 radical (unpaired) electrons. The summed E-state index contributed by atoms with van der Waals surface area (Å²) in [5.41, 5.74) is 4.18. The fourth-order valence-corrected chi connectivity index (χ4v) is 3.95. The molecule has 0 unspecified atom stereocenters. The van der Waals surface area contributed by atoms with Crippen molar-refractivity contribution in [3.05, 3.63) is 89.5 Å². The van der Waals surface area contributed by atoms with Gasteiger partial charge in [0.1, 0.15) is 5.75 Å². The summed E-state index contributed by atoms with van der Waals surface area (Å²) in [6.07, 6.45) is 3.90. The monoisotopic (exact) mass is 458 g/mol. The van der Waals surface area contributed by atoms with Crippen molar-refractivity contribution in [2.24, 2.45) is 5.92 Å². The van der Waals surface area contributed by atoms with Crippen molar-refractivity contribution in [1.82, 2.24) is 0 Å². The van der Waals surface area contributed by atoms with Crippen LogP contribution in [0, 0.1) is 5.92 Å². The Hall–Kier alpha value is -3.40. The summed E-state index contributed by atoms with van der Waals surface area (Å²) in [4.78, 5) is 24.9. The van der Waals surface area contributed by atoms with Gasteiger partial charge in [-0.2, -0.15) is 0 Å². The van der Waals surface area contributed by atoms with E-state index in [0.29, 0.717) is 22.8 Å². The topological polar surface area (TPSA) is 52.6 Å². The van der Waals surface area contributed by atoms with Crippen LogP contribution in [0.4, 0.5) is 0 Å². The van der Waals surface area contributed by atoms with E-state index in [0.717, 1.165) is 36.8 Å². The first kappa shape index (κ1) is 25.2. The smallest absolute Gasteiger partial charge is 0.343 e. The molecule has 3 aromatic carbocycles. The van der Waals surface area contributed by atoms with Crippen molar-refractivity contribution in [2.45, 2.75) is 59.5 Å². The third kappa shape index (κ3) is 6.80. The first-order chi connectivity index (χ1) is 16.4. The fourth-order valence-electron chi connectivity index (χ4n) is 3.95. The Labute approximate surface area is 202 Å². The molecule has 0 saturated heterocycles. The van der Waals surface area contributed by atoms with Crippen molar-refractivity contribution >= 4 is 11.9 Å². The number of carbonyl (C=O) groups is 2. The van der Waals surface area contributed by atoms with Gasteiger partial charge in [0.25, 0.3) is 0 Å². The molecule has 3 rings (SSSR count). The number of esters is 2. The lowest BCUT2D eigenvalue weighted by Gasteiger charge is -2.18. The number of aryl methyl sites for hydroxylation is 1. The van der Waals surface area contributed by atoms with Gasteiger partial charge in [-0.15, -0.1) is 0 Å². The van der Waals surface area contributed by atoms with Crippen LogP contribution in [0.25, 0.3) is 11.1 Å². The van der Waals surface area contributed by atoms with Crippen molar-refractivity contribution in [3.63, 3.8) is 0 Å². The van der Waals surface area contributed by atoms with Crippen LogP contribution in [0.3, 0.4) is 0 Å². The first-order valence-corrected chi connectivity index (χ1v) is 12.2. The normalized spacial score (nSPS) is 11.8. The van der Waals surface area contributed by atoms with Gasteiger partial charge in [0.05, 0.1) is 17.2 Å². The van der Waals surface area contributed by atoms with Gasteiger partial charge >= 0.3 is 11.9 Å². The van der Waals surface area contributed by atoms with E-state index in [1.807, 2.05) is 43.3 Å². The number of benzene rings is 3. The van der Waals surface area contributed by atoms with Gasteiger partial charge < -0.3 is 9.47 Å². The number of ether oxygens (including phenoxy) is 2. The lowest BCUT2D eigenvalue weighted by molar-refractivity contribution is 0.0285. The fraction of sp³-hybridized carbons (Fsp3) is 0.333. The average Bonchev–Trinajstić information content (AvgIpc) is 2.87. The van der Waals surface area contributed by atoms with E-state index >= 15 is 0 Å². The average molecular weight is 459 g/mol. The summed E-state index contributed by atoms with van der Waals surface area (Å²) in [5, 5.41) is 0. The number of carbonyl (C=O) groups excluding carboxylic acids is 2. The third-order valence-electron chi connectivity index (χ3n) is 6.24. The maximum absolute atomic E-state index is 12.5. The molecule has 4 nitrogen and oxygen atoms in total. The van der Waals surface area contributed by atoms with Crippen LogP contribution >= 0.6 is 0 Å². The van der Waals surface area contributed by atoms with E-state index < -0.39 is 0 Å². The van der Waals surface area contributed by atoms with Crippen LogP contribution in [-0.4, -0.2) is 18.0 Å². The molecular weight excluding hydrogens is 424 g/mol. The molecule has 0 N–H and O–H groups in total. The van der Waals surface area contributed by atoms with E-state index in [1.54, 1.807) is 36.4 Å². The van der Waals surface area contributed by atoms with Gasteiger partial charge in [0, 0.05) is 0 Å². The molecule has 0 aliphatic heterocycles. The lowest BCUT2D eigenvalue weighted by atomic mass is 9.97.